The molecule has 0 radical (unpaired) electrons. The summed E-state index contributed by atoms with van der Waals surface area (Å²) in [6.45, 7) is 0. The van der Waals surface area contributed by atoms with Gasteiger partial charge in [-0.25, -0.2) is 0 Å². The molecule has 6 heteroatoms. The van der Waals surface area contributed by atoms with Crippen LogP contribution in [0, 0.1) is 22.0 Å². The summed E-state index contributed by atoms with van der Waals surface area (Å²) in [5.41, 5.74) is -0.421. The van der Waals surface area contributed by atoms with Crippen LogP contribution >= 0.6 is 0 Å². The van der Waals surface area contributed by atoms with Gasteiger partial charge in [0, 0.05) is 10.8 Å². The summed E-state index contributed by atoms with van der Waals surface area (Å²) in [4.78, 5) is 24.1. The van der Waals surface area contributed by atoms with E-state index in [4.69, 9.17) is 4.42 Å². The normalized spacial score (nSPS) is 36.0. The third-order valence-electron chi connectivity index (χ3n) is 6.56. The lowest BCUT2D eigenvalue weighted by Crippen LogP contribution is -2.61. The summed E-state index contributed by atoms with van der Waals surface area (Å²) < 4.78 is 5.52. The van der Waals surface area contributed by atoms with Crippen molar-refractivity contribution in [2.75, 3.05) is 0 Å². The van der Waals surface area contributed by atoms with E-state index in [0.717, 1.165) is 18.4 Å². The third-order valence-corrected chi connectivity index (χ3v) is 6.56. The number of nitrogens with zero attached hydrogens (tertiary/aromatic N) is 1. The van der Waals surface area contributed by atoms with E-state index in [2.05, 4.69) is 0 Å². The average Bonchev–Trinajstić information content (AvgIpc) is 3.20. The number of carbonyl (C=O) groups excluding carboxylic acids is 1. The van der Waals surface area contributed by atoms with E-state index < -0.39 is 29.4 Å². The van der Waals surface area contributed by atoms with Gasteiger partial charge < -0.3 is 14.3 Å². The molecule has 2 aliphatic rings. The van der Waals surface area contributed by atoms with Gasteiger partial charge in [0.2, 0.25) is 6.04 Å². The molecule has 0 aliphatic heterocycles. The molecule has 6 atom stereocenters. The first-order chi connectivity index (χ1) is 13.1. The predicted molar refractivity (Wildman–Crippen MR) is 97.9 cm³/mol. The fourth-order valence-corrected chi connectivity index (χ4v) is 5.49. The van der Waals surface area contributed by atoms with Crippen LogP contribution in [-0.4, -0.2) is 28.0 Å². The van der Waals surface area contributed by atoms with Crippen LogP contribution in [0.2, 0.25) is 0 Å². The number of carbonyl (C=O) groups is 1. The van der Waals surface area contributed by atoms with Crippen molar-refractivity contribution in [1.29, 1.82) is 0 Å². The highest BCUT2D eigenvalue weighted by molar-refractivity contribution is 5.60. The minimum absolute atomic E-state index is 0.282. The third kappa shape index (κ3) is 2.79. The second-order valence-electron chi connectivity index (χ2n) is 7.76. The molecule has 1 N–H and O–H groups in total. The fourth-order valence-electron chi connectivity index (χ4n) is 5.49. The van der Waals surface area contributed by atoms with Crippen LogP contribution in [0.15, 0.2) is 53.1 Å². The smallest absolute Gasteiger partial charge is 0.230 e. The highest BCUT2D eigenvalue weighted by atomic mass is 16.6. The zero-order chi connectivity index (χ0) is 19.0. The molecule has 0 saturated heterocycles. The summed E-state index contributed by atoms with van der Waals surface area (Å²) in [5, 5.41) is 23.9. The van der Waals surface area contributed by atoms with Gasteiger partial charge >= 0.3 is 0 Å². The minimum Gasteiger partial charge on any atom is -0.469 e. The van der Waals surface area contributed by atoms with Crippen LogP contribution in [-0.2, 0) is 4.79 Å². The van der Waals surface area contributed by atoms with Gasteiger partial charge in [0.05, 0.1) is 29.6 Å². The molecule has 2 saturated carbocycles. The van der Waals surface area contributed by atoms with Crippen LogP contribution in [0.1, 0.15) is 48.8 Å². The molecule has 2 aromatic rings. The highest BCUT2D eigenvalue weighted by Crippen LogP contribution is 2.58. The Labute approximate surface area is 157 Å². The highest BCUT2D eigenvalue weighted by Gasteiger charge is 2.64. The zero-order valence-corrected chi connectivity index (χ0v) is 14.9. The summed E-state index contributed by atoms with van der Waals surface area (Å²) in [6.07, 6.45) is 5.04. The van der Waals surface area contributed by atoms with Crippen LogP contribution in [0.25, 0.3) is 0 Å². The van der Waals surface area contributed by atoms with Crippen LogP contribution < -0.4 is 0 Å². The molecule has 0 bridgehead atoms. The first-order valence-electron chi connectivity index (χ1n) is 9.47. The number of fused-ring (bicyclic) bond motifs is 1. The number of aliphatic hydroxyl groups is 1. The van der Waals surface area contributed by atoms with Crippen LogP contribution in [0.3, 0.4) is 0 Å². The maximum Gasteiger partial charge on any atom is 0.230 e. The van der Waals surface area contributed by atoms with Gasteiger partial charge in [-0.1, -0.05) is 43.2 Å². The Hall–Kier alpha value is -2.47. The van der Waals surface area contributed by atoms with Gasteiger partial charge in [-0.2, -0.15) is 0 Å². The van der Waals surface area contributed by atoms with Gasteiger partial charge in [-0.05, 0) is 30.5 Å². The Morgan fingerprint density at radius 2 is 1.93 bits per heavy atom. The maximum absolute atomic E-state index is 12.3. The Morgan fingerprint density at radius 1 is 1.15 bits per heavy atom. The molecular formula is C21H23NO5. The second-order valence-corrected chi connectivity index (χ2v) is 7.76. The van der Waals surface area contributed by atoms with Crippen molar-refractivity contribution in [3.63, 3.8) is 0 Å². The van der Waals surface area contributed by atoms with Crippen molar-refractivity contribution in [3.8, 4) is 0 Å². The Morgan fingerprint density at radius 3 is 2.56 bits per heavy atom. The van der Waals surface area contributed by atoms with E-state index in [0.29, 0.717) is 24.9 Å². The minimum atomic E-state index is -1.26. The summed E-state index contributed by atoms with van der Waals surface area (Å²) in [6, 6.07) is 11.7. The summed E-state index contributed by atoms with van der Waals surface area (Å²) >= 11 is 0. The second kappa shape index (κ2) is 6.93. The molecule has 4 rings (SSSR count). The topological polar surface area (TPSA) is 93.6 Å². The van der Waals surface area contributed by atoms with Crippen molar-refractivity contribution in [3.05, 3.63) is 70.2 Å². The van der Waals surface area contributed by atoms with Gasteiger partial charge in [0.15, 0.2) is 0 Å². The van der Waals surface area contributed by atoms with E-state index in [1.165, 1.54) is 6.26 Å². The van der Waals surface area contributed by atoms with E-state index in [1.807, 2.05) is 30.3 Å². The number of hydrogen-bond donors (Lipinski definition) is 1. The number of nitro groups is 1. The zero-order valence-electron chi connectivity index (χ0n) is 14.9. The quantitative estimate of drug-likeness (QED) is 0.505. The summed E-state index contributed by atoms with van der Waals surface area (Å²) in [5.74, 6) is -2.06. The molecule has 0 spiro atoms. The largest absolute Gasteiger partial charge is 0.469 e. The Balaban J connectivity index is 1.92. The van der Waals surface area contributed by atoms with Crippen LogP contribution in [0.4, 0.5) is 0 Å². The molecule has 6 nitrogen and oxygen atoms in total. The molecule has 2 fully saturated rings. The van der Waals surface area contributed by atoms with Gasteiger partial charge in [-0.3, -0.25) is 10.1 Å². The van der Waals surface area contributed by atoms with Gasteiger partial charge in [-0.15, -0.1) is 0 Å². The number of rotatable bonds is 4. The van der Waals surface area contributed by atoms with E-state index in [1.54, 1.807) is 12.1 Å². The van der Waals surface area contributed by atoms with Crippen molar-refractivity contribution in [2.24, 2.45) is 11.8 Å². The molecule has 142 valence electrons. The standard InChI is InChI=1S/C21H23NO5/c23-13-16-19(17-10-6-12-27-17)20(22(25)26)18(14-7-2-1-3-8-14)15-9-4-5-11-21(15,16)24/h1-3,6-8,10,12-13,15-16,18-20,24H,4-5,9,11H2/t15-,16+,18-,19-,20-,21-/m0/s1. The molecular weight excluding hydrogens is 346 g/mol. The Kier molecular flexibility index (Phi) is 4.60. The molecule has 0 amide bonds. The number of hydrogen-bond acceptors (Lipinski definition) is 5. The van der Waals surface area contributed by atoms with E-state index >= 15 is 0 Å². The van der Waals surface area contributed by atoms with Crippen molar-refractivity contribution in [1.82, 2.24) is 0 Å². The van der Waals surface area contributed by atoms with E-state index in [9.17, 15) is 20.0 Å². The van der Waals surface area contributed by atoms with Crippen molar-refractivity contribution < 1.29 is 19.2 Å². The molecule has 27 heavy (non-hydrogen) atoms. The average molecular weight is 369 g/mol. The monoisotopic (exact) mass is 369 g/mol. The molecule has 0 unspecified atom stereocenters. The van der Waals surface area contributed by atoms with Gasteiger partial charge in [0.1, 0.15) is 12.0 Å². The predicted octanol–water partition coefficient (Wildman–Crippen LogP) is 3.54. The number of furan rings is 1. The fraction of sp³-hybridized carbons (Fsp3) is 0.476. The summed E-state index contributed by atoms with van der Waals surface area (Å²) in [7, 11) is 0. The number of benzene rings is 1. The first-order valence-corrected chi connectivity index (χ1v) is 9.47. The van der Waals surface area contributed by atoms with E-state index in [-0.39, 0.29) is 10.8 Å². The Bertz CT molecular complexity index is 805. The molecule has 1 heterocycles. The van der Waals surface area contributed by atoms with Crippen molar-refractivity contribution in [2.45, 2.75) is 49.2 Å². The number of aldehydes is 1. The lowest BCUT2D eigenvalue weighted by Gasteiger charge is -2.53. The molecule has 2 aliphatic carbocycles. The lowest BCUT2D eigenvalue weighted by atomic mass is 9.51. The maximum atomic E-state index is 12.3. The van der Waals surface area contributed by atoms with Crippen molar-refractivity contribution >= 4 is 6.29 Å². The SMILES string of the molecule is O=C[C@@H]1[C@@H](c2ccco2)[C@@H]([N+](=O)[O-])[C@@H](c2ccccc2)[C@@H]2CCCC[C@@]12O. The molecule has 1 aromatic carbocycles. The molecule has 1 aromatic heterocycles. The lowest BCUT2D eigenvalue weighted by molar-refractivity contribution is -0.541. The van der Waals surface area contributed by atoms with Crippen LogP contribution in [0.5, 0.6) is 0 Å². The first kappa shape index (κ1) is 17.9. The van der Waals surface area contributed by atoms with Gasteiger partial charge in [0.25, 0.3) is 0 Å².